The highest BCUT2D eigenvalue weighted by Gasteiger charge is 2.21. The van der Waals surface area contributed by atoms with Crippen LogP contribution < -0.4 is 9.46 Å². The van der Waals surface area contributed by atoms with Crippen LogP contribution in [-0.2, 0) is 10.0 Å². The van der Waals surface area contributed by atoms with Gasteiger partial charge in [-0.3, -0.25) is 4.72 Å². The highest BCUT2D eigenvalue weighted by Crippen LogP contribution is 2.28. The van der Waals surface area contributed by atoms with Gasteiger partial charge in [0.25, 0.3) is 10.0 Å². The predicted molar refractivity (Wildman–Crippen MR) is 78.1 cm³/mol. The minimum atomic E-state index is -3.71. The van der Waals surface area contributed by atoms with Crippen molar-refractivity contribution in [2.75, 3.05) is 11.3 Å². The first-order chi connectivity index (χ1) is 9.42. The number of pyridine rings is 1. The van der Waals surface area contributed by atoms with Gasteiger partial charge in [0.05, 0.1) is 24.2 Å². The minimum absolute atomic E-state index is 0.0939. The van der Waals surface area contributed by atoms with Crippen LogP contribution in [0.25, 0.3) is 0 Å². The van der Waals surface area contributed by atoms with Gasteiger partial charge in [-0.05, 0) is 19.9 Å². The molecule has 6 nitrogen and oxygen atoms in total. The van der Waals surface area contributed by atoms with Crippen molar-refractivity contribution in [3.8, 4) is 5.88 Å². The summed E-state index contributed by atoms with van der Waals surface area (Å²) >= 11 is 6.63. The maximum absolute atomic E-state index is 12.2. The average molecular weight is 334 g/mol. The molecule has 108 valence electrons. The number of rotatable bonds is 5. The molecular formula is C11H12ClN3O3S2. The van der Waals surface area contributed by atoms with E-state index in [1.807, 2.05) is 6.92 Å². The number of aromatic nitrogens is 2. The number of nitrogens with zero attached hydrogens (tertiary/aromatic N) is 2. The zero-order valence-electron chi connectivity index (χ0n) is 10.8. The molecule has 20 heavy (non-hydrogen) atoms. The van der Waals surface area contributed by atoms with Crippen LogP contribution in [-0.4, -0.2) is 25.0 Å². The number of halogens is 1. The lowest BCUT2D eigenvalue weighted by Crippen LogP contribution is -2.12. The molecule has 2 aromatic heterocycles. The molecule has 9 heteroatoms. The average Bonchev–Trinajstić information content (AvgIpc) is 2.72. The Balaban J connectivity index is 2.22. The Bertz CT molecular complexity index is 698. The molecule has 0 atom stereocenters. The quantitative estimate of drug-likeness (QED) is 0.909. The molecule has 2 heterocycles. The van der Waals surface area contributed by atoms with E-state index in [0.717, 1.165) is 11.3 Å². The summed E-state index contributed by atoms with van der Waals surface area (Å²) < 4.78 is 32.3. The molecule has 0 aliphatic rings. The molecule has 0 saturated heterocycles. The number of anilines is 1. The molecule has 0 aliphatic heterocycles. The van der Waals surface area contributed by atoms with Crippen molar-refractivity contribution in [2.24, 2.45) is 0 Å². The summed E-state index contributed by atoms with van der Waals surface area (Å²) in [5, 5.41) is 0. The Labute approximate surface area is 125 Å². The van der Waals surface area contributed by atoms with Gasteiger partial charge in [-0.15, -0.1) is 0 Å². The molecule has 0 aromatic carbocycles. The van der Waals surface area contributed by atoms with Crippen LogP contribution in [0.15, 0.2) is 22.5 Å². The van der Waals surface area contributed by atoms with Gasteiger partial charge < -0.3 is 4.74 Å². The SMILES string of the molecule is CCOc1ccc(NS(=O)(=O)c2sc(Cl)nc2C)cn1. The number of sulfonamides is 1. The van der Waals surface area contributed by atoms with E-state index in [4.69, 9.17) is 16.3 Å². The number of aryl methyl sites for hydroxylation is 1. The number of hydrogen-bond acceptors (Lipinski definition) is 6. The van der Waals surface area contributed by atoms with Crippen LogP contribution in [0, 0.1) is 6.92 Å². The van der Waals surface area contributed by atoms with Gasteiger partial charge in [0.15, 0.2) is 8.68 Å². The predicted octanol–water partition coefficient (Wildman–Crippen LogP) is 2.70. The second-order valence-corrected chi connectivity index (χ2v) is 7.22. The van der Waals surface area contributed by atoms with Gasteiger partial charge in [0, 0.05) is 6.07 Å². The fraction of sp³-hybridized carbons (Fsp3) is 0.273. The van der Waals surface area contributed by atoms with Gasteiger partial charge >= 0.3 is 0 Å². The summed E-state index contributed by atoms with van der Waals surface area (Å²) in [4.78, 5) is 7.87. The van der Waals surface area contributed by atoms with Gasteiger partial charge in [-0.25, -0.2) is 18.4 Å². The molecule has 1 N–H and O–H groups in total. The first kappa shape index (κ1) is 15.0. The maximum Gasteiger partial charge on any atom is 0.273 e. The van der Waals surface area contributed by atoms with Crippen LogP contribution in [0.2, 0.25) is 4.47 Å². The van der Waals surface area contributed by atoms with Gasteiger partial charge in [0.1, 0.15) is 0 Å². The van der Waals surface area contributed by atoms with E-state index in [9.17, 15) is 8.42 Å². The molecular weight excluding hydrogens is 322 g/mol. The summed E-state index contributed by atoms with van der Waals surface area (Å²) in [5.41, 5.74) is 0.712. The van der Waals surface area contributed by atoms with Gasteiger partial charge in [-0.1, -0.05) is 22.9 Å². The molecule has 0 saturated carbocycles. The Kier molecular flexibility index (Phi) is 4.46. The first-order valence-electron chi connectivity index (χ1n) is 5.67. The highest BCUT2D eigenvalue weighted by molar-refractivity contribution is 7.94. The van der Waals surface area contributed by atoms with Crippen LogP contribution in [0.3, 0.4) is 0 Å². The second-order valence-electron chi connectivity index (χ2n) is 3.76. The summed E-state index contributed by atoms with van der Waals surface area (Å²) in [6, 6.07) is 3.17. The summed E-state index contributed by atoms with van der Waals surface area (Å²) in [7, 11) is -3.71. The van der Waals surface area contributed by atoms with Crippen molar-refractivity contribution in [1.29, 1.82) is 0 Å². The molecule has 0 bridgehead atoms. The largest absolute Gasteiger partial charge is 0.478 e. The third-order valence-electron chi connectivity index (χ3n) is 2.25. The third kappa shape index (κ3) is 3.38. The summed E-state index contributed by atoms with van der Waals surface area (Å²) in [5.74, 6) is 0.437. The van der Waals surface area contributed by atoms with E-state index in [1.54, 1.807) is 19.1 Å². The first-order valence-corrected chi connectivity index (χ1v) is 8.34. The van der Waals surface area contributed by atoms with E-state index < -0.39 is 10.0 Å². The fourth-order valence-electron chi connectivity index (χ4n) is 1.48. The Morgan fingerprint density at radius 3 is 2.70 bits per heavy atom. The lowest BCUT2D eigenvalue weighted by atomic mass is 10.4. The Morgan fingerprint density at radius 2 is 2.20 bits per heavy atom. The monoisotopic (exact) mass is 333 g/mol. The number of hydrogen-bond donors (Lipinski definition) is 1. The molecule has 0 fully saturated rings. The molecule has 0 amide bonds. The van der Waals surface area contributed by atoms with E-state index in [1.165, 1.54) is 6.20 Å². The van der Waals surface area contributed by atoms with Crippen LogP contribution in [0.4, 0.5) is 5.69 Å². The highest BCUT2D eigenvalue weighted by atomic mass is 35.5. The van der Waals surface area contributed by atoms with Crippen LogP contribution in [0.5, 0.6) is 5.88 Å². The topological polar surface area (TPSA) is 81.2 Å². The molecule has 0 unspecified atom stereocenters. The lowest BCUT2D eigenvalue weighted by molar-refractivity contribution is 0.327. The molecule has 0 radical (unpaired) electrons. The zero-order valence-corrected chi connectivity index (χ0v) is 13.1. The maximum atomic E-state index is 12.2. The molecule has 0 spiro atoms. The molecule has 2 aromatic rings. The fourth-order valence-corrected chi connectivity index (χ4v) is 4.26. The van der Waals surface area contributed by atoms with Gasteiger partial charge in [0.2, 0.25) is 5.88 Å². The second kappa shape index (κ2) is 5.94. The van der Waals surface area contributed by atoms with E-state index in [0.29, 0.717) is 23.9 Å². The van der Waals surface area contributed by atoms with Crippen molar-refractivity contribution in [3.05, 3.63) is 28.5 Å². The molecule has 0 aliphatic carbocycles. The smallest absolute Gasteiger partial charge is 0.273 e. The lowest BCUT2D eigenvalue weighted by Gasteiger charge is -2.07. The normalized spacial score (nSPS) is 11.3. The van der Waals surface area contributed by atoms with E-state index in [-0.39, 0.29) is 8.68 Å². The van der Waals surface area contributed by atoms with Gasteiger partial charge in [-0.2, -0.15) is 0 Å². The van der Waals surface area contributed by atoms with Crippen molar-refractivity contribution in [3.63, 3.8) is 0 Å². The molecule has 2 rings (SSSR count). The summed E-state index contributed by atoms with van der Waals surface area (Å²) in [6.07, 6.45) is 1.39. The summed E-state index contributed by atoms with van der Waals surface area (Å²) in [6.45, 7) is 3.93. The Hall–Kier alpha value is -1.38. The standard InChI is InChI=1S/C11H12ClN3O3S2/c1-3-18-9-5-4-8(6-13-9)15-20(16,17)10-7(2)14-11(12)19-10/h4-6,15H,3H2,1-2H3. The van der Waals surface area contributed by atoms with Crippen LogP contribution >= 0.6 is 22.9 Å². The minimum Gasteiger partial charge on any atom is -0.478 e. The number of ether oxygens (including phenoxy) is 1. The van der Waals surface area contributed by atoms with E-state index >= 15 is 0 Å². The Morgan fingerprint density at radius 1 is 1.45 bits per heavy atom. The van der Waals surface area contributed by atoms with Crippen molar-refractivity contribution >= 4 is 38.6 Å². The number of nitrogens with one attached hydrogen (secondary N) is 1. The van der Waals surface area contributed by atoms with E-state index in [2.05, 4.69) is 14.7 Å². The number of thiazole rings is 1. The van der Waals surface area contributed by atoms with Crippen molar-refractivity contribution in [2.45, 2.75) is 18.1 Å². The van der Waals surface area contributed by atoms with Crippen molar-refractivity contribution in [1.82, 2.24) is 9.97 Å². The van der Waals surface area contributed by atoms with Crippen molar-refractivity contribution < 1.29 is 13.2 Å². The third-order valence-corrected chi connectivity index (χ3v) is 5.51. The zero-order chi connectivity index (χ0) is 14.8. The van der Waals surface area contributed by atoms with Crippen LogP contribution in [0.1, 0.15) is 12.6 Å².